The van der Waals surface area contributed by atoms with E-state index in [9.17, 15) is 18.0 Å². The number of amides is 2. The summed E-state index contributed by atoms with van der Waals surface area (Å²) >= 11 is 0. The number of aryl methyl sites for hydroxylation is 1. The second-order valence-electron chi connectivity index (χ2n) is 8.34. The van der Waals surface area contributed by atoms with Crippen molar-refractivity contribution in [1.29, 1.82) is 0 Å². The van der Waals surface area contributed by atoms with Gasteiger partial charge in [-0.3, -0.25) is 14.3 Å². The third kappa shape index (κ3) is 5.46. The second kappa shape index (κ2) is 10.1. The van der Waals surface area contributed by atoms with Crippen LogP contribution in [0.4, 0.5) is 11.4 Å². The van der Waals surface area contributed by atoms with Crippen LogP contribution in [-0.2, 0) is 19.6 Å². The van der Waals surface area contributed by atoms with E-state index in [1.165, 1.54) is 0 Å². The van der Waals surface area contributed by atoms with E-state index in [-0.39, 0.29) is 16.7 Å². The Morgan fingerprint density at radius 3 is 2.18 bits per heavy atom. The van der Waals surface area contributed by atoms with Gasteiger partial charge in [-0.15, -0.1) is 0 Å². The number of nitrogens with zero attached hydrogens (tertiary/aromatic N) is 1. The van der Waals surface area contributed by atoms with Crippen LogP contribution in [0.2, 0.25) is 0 Å². The maximum absolute atomic E-state index is 13.3. The third-order valence-corrected chi connectivity index (χ3v) is 7.17. The van der Waals surface area contributed by atoms with Crippen molar-refractivity contribution in [1.82, 2.24) is 4.90 Å². The monoisotopic (exact) mass is 477 g/mol. The summed E-state index contributed by atoms with van der Waals surface area (Å²) in [6, 6.07) is 21.5. The maximum atomic E-state index is 13.3. The Kier molecular flexibility index (Phi) is 6.98. The molecule has 34 heavy (non-hydrogen) atoms. The quantitative estimate of drug-likeness (QED) is 0.524. The summed E-state index contributed by atoms with van der Waals surface area (Å²) < 4.78 is 27.8. The van der Waals surface area contributed by atoms with Crippen LogP contribution < -0.4 is 10.0 Å². The fourth-order valence-electron chi connectivity index (χ4n) is 3.97. The van der Waals surface area contributed by atoms with Crippen molar-refractivity contribution < 1.29 is 18.0 Å². The number of carbonyl (C=O) groups is 2. The molecule has 1 saturated heterocycles. The highest BCUT2D eigenvalue weighted by molar-refractivity contribution is 7.92. The summed E-state index contributed by atoms with van der Waals surface area (Å²) in [7, 11) is -3.72. The predicted octanol–water partition coefficient (Wildman–Crippen LogP) is 4.49. The van der Waals surface area contributed by atoms with Gasteiger partial charge in [-0.1, -0.05) is 48.0 Å². The van der Waals surface area contributed by atoms with E-state index in [0.717, 1.165) is 24.0 Å². The first-order valence-electron chi connectivity index (χ1n) is 11.2. The van der Waals surface area contributed by atoms with Crippen molar-refractivity contribution in [2.24, 2.45) is 0 Å². The highest BCUT2D eigenvalue weighted by Gasteiger charge is 2.32. The number of hydrogen-bond donors (Lipinski definition) is 2. The molecule has 0 radical (unpaired) electrons. The summed E-state index contributed by atoms with van der Waals surface area (Å²) in [5.74, 6) is -0.342. The predicted molar refractivity (Wildman–Crippen MR) is 132 cm³/mol. The molecule has 0 aromatic heterocycles. The molecular formula is C26H27N3O4S. The van der Waals surface area contributed by atoms with Gasteiger partial charge in [-0.25, -0.2) is 8.42 Å². The number of likely N-dealkylation sites (tertiary alicyclic amines) is 1. The number of anilines is 2. The fourth-order valence-corrected chi connectivity index (χ4v) is 5.03. The van der Waals surface area contributed by atoms with Crippen LogP contribution in [0.3, 0.4) is 0 Å². The van der Waals surface area contributed by atoms with Crippen LogP contribution in [0.5, 0.6) is 0 Å². The van der Waals surface area contributed by atoms with E-state index in [4.69, 9.17) is 0 Å². The van der Waals surface area contributed by atoms with E-state index in [1.807, 2.05) is 37.3 Å². The van der Waals surface area contributed by atoms with E-state index in [0.29, 0.717) is 24.3 Å². The maximum Gasteiger partial charge on any atom is 0.261 e. The Hall–Kier alpha value is -3.65. The Labute approximate surface area is 199 Å². The zero-order chi connectivity index (χ0) is 24.1. The van der Waals surface area contributed by atoms with E-state index in [1.54, 1.807) is 53.4 Å². The van der Waals surface area contributed by atoms with Crippen LogP contribution in [0.15, 0.2) is 83.8 Å². The SMILES string of the molecule is Cc1ccc(S(=O)(=O)Nc2ccc(NC(=O)C(c3ccccc3)N3CCCCC3=O)cc2)cc1. The van der Waals surface area contributed by atoms with Gasteiger partial charge < -0.3 is 10.2 Å². The molecule has 1 unspecified atom stereocenters. The van der Waals surface area contributed by atoms with Gasteiger partial charge in [0.05, 0.1) is 4.90 Å². The molecule has 3 aromatic carbocycles. The second-order valence-corrected chi connectivity index (χ2v) is 10.0. The van der Waals surface area contributed by atoms with Gasteiger partial charge >= 0.3 is 0 Å². The number of piperidine rings is 1. The number of hydrogen-bond acceptors (Lipinski definition) is 4. The topological polar surface area (TPSA) is 95.6 Å². The van der Waals surface area contributed by atoms with Gasteiger partial charge in [0.1, 0.15) is 6.04 Å². The Bertz CT molecular complexity index is 1260. The molecule has 8 heteroatoms. The first-order valence-corrected chi connectivity index (χ1v) is 12.7. The van der Waals surface area contributed by atoms with Gasteiger partial charge in [-0.05, 0) is 61.7 Å². The molecular weight excluding hydrogens is 450 g/mol. The average molecular weight is 478 g/mol. The van der Waals surface area contributed by atoms with Crippen LogP contribution >= 0.6 is 0 Å². The number of sulfonamides is 1. The lowest BCUT2D eigenvalue weighted by atomic mass is 10.0. The molecule has 1 atom stereocenters. The summed E-state index contributed by atoms with van der Waals surface area (Å²) in [5, 5.41) is 2.88. The molecule has 0 aliphatic carbocycles. The summed E-state index contributed by atoms with van der Waals surface area (Å²) in [4.78, 5) is 27.6. The Balaban J connectivity index is 1.49. The number of nitrogens with one attached hydrogen (secondary N) is 2. The lowest BCUT2D eigenvalue weighted by molar-refractivity contribution is -0.141. The Morgan fingerprint density at radius 1 is 0.882 bits per heavy atom. The van der Waals surface area contributed by atoms with E-state index in [2.05, 4.69) is 10.0 Å². The van der Waals surface area contributed by atoms with Gasteiger partial charge in [0, 0.05) is 24.3 Å². The van der Waals surface area contributed by atoms with Crippen molar-refractivity contribution >= 4 is 33.2 Å². The normalized spacial score (nSPS) is 15.0. The molecule has 1 fully saturated rings. The zero-order valence-corrected chi connectivity index (χ0v) is 19.7. The number of carbonyl (C=O) groups excluding carboxylic acids is 2. The molecule has 2 amide bonds. The lowest BCUT2D eigenvalue weighted by Crippen LogP contribution is -2.43. The van der Waals surface area contributed by atoms with Gasteiger partial charge in [-0.2, -0.15) is 0 Å². The van der Waals surface area contributed by atoms with Crippen molar-refractivity contribution in [2.45, 2.75) is 37.1 Å². The minimum atomic E-state index is -3.72. The summed E-state index contributed by atoms with van der Waals surface area (Å²) in [6.07, 6.45) is 2.13. The first kappa shape index (κ1) is 23.5. The molecule has 1 heterocycles. The minimum absolute atomic E-state index is 0.0314. The molecule has 0 saturated carbocycles. The number of benzene rings is 3. The molecule has 2 N–H and O–H groups in total. The van der Waals surface area contributed by atoms with Gasteiger partial charge in [0.15, 0.2) is 0 Å². The summed E-state index contributed by atoms with van der Waals surface area (Å²) in [5.41, 5.74) is 2.61. The fraction of sp³-hybridized carbons (Fsp3) is 0.231. The molecule has 176 valence electrons. The van der Waals surface area contributed by atoms with Gasteiger partial charge in [0.2, 0.25) is 5.91 Å². The van der Waals surface area contributed by atoms with Crippen molar-refractivity contribution in [3.8, 4) is 0 Å². The highest BCUT2D eigenvalue weighted by atomic mass is 32.2. The van der Waals surface area contributed by atoms with Crippen molar-refractivity contribution in [2.75, 3.05) is 16.6 Å². The molecule has 0 bridgehead atoms. The zero-order valence-electron chi connectivity index (χ0n) is 18.9. The van der Waals surface area contributed by atoms with Crippen LogP contribution in [0, 0.1) is 6.92 Å². The lowest BCUT2D eigenvalue weighted by Gasteiger charge is -2.34. The van der Waals surface area contributed by atoms with E-state index >= 15 is 0 Å². The third-order valence-electron chi connectivity index (χ3n) is 5.77. The molecule has 7 nitrogen and oxygen atoms in total. The van der Waals surface area contributed by atoms with Gasteiger partial charge in [0.25, 0.3) is 15.9 Å². The highest BCUT2D eigenvalue weighted by Crippen LogP contribution is 2.27. The molecule has 0 spiro atoms. The molecule has 4 rings (SSSR count). The smallest absolute Gasteiger partial charge is 0.261 e. The minimum Gasteiger partial charge on any atom is -0.327 e. The molecule has 3 aromatic rings. The molecule has 1 aliphatic rings. The average Bonchev–Trinajstić information content (AvgIpc) is 2.83. The van der Waals surface area contributed by atoms with Crippen LogP contribution in [0.25, 0.3) is 0 Å². The standard InChI is InChI=1S/C26H27N3O4S/c1-19-10-16-23(17-11-19)34(32,33)28-22-14-12-21(13-15-22)27-26(31)25(20-7-3-2-4-8-20)29-18-6-5-9-24(29)30/h2-4,7-8,10-17,25,28H,5-6,9,18H2,1H3,(H,27,31). The molecule has 1 aliphatic heterocycles. The van der Waals surface area contributed by atoms with Crippen molar-refractivity contribution in [3.63, 3.8) is 0 Å². The van der Waals surface area contributed by atoms with Crippen LogP contribution in [-0.4, -0.2) is 31.7 Å². The summed E-state index contributed by atoms with van der Waals surface area (Å²) in [6.45, 7) is 2.42. The first-order chi connectivity index (χ1) is 16.3. The largest absolute Gasteiger partial charge is 0.327 e. The number of rotatable bonds is 7. The Morgan fingerprint density at radius 2 is 1.53 bits per heavy atom. The van der Waals surface area contributed by atoms with Crippen molar-refractivity contribution in [3.05, 3.63) is 90.0 Å². The van der Waals surface area contributed by atoms with E-state index < -0.39 is 16.1 Å². The van der Waals surface area contributed by atoms with Crippen LogP contribution in [0.1, 0.15) is 36.4 Å².